The lowest BCUT2D eigenvalue weighted by molar-refractivity contribution is -0.128. The summed E-state index contributed by atoms with van der Waals surface area (Å²) in [4.78, 5) is 12.4. The lowest BCUT2D eigenvalue weighted by Gasteiger charge is -2.34. The van der Waals surface area contributed by atoms with Crippen LogP contribution in [0.4, 0.5) is 0 Å². The van der Waals surface area contributed by atoms with Gasteiger partial charge in [-0.15, -0.1) is 0 Å². The number of nitrogens with one attached hydrogen (secondary N) is 2. The van der Waals surface area contributed by atoms with Gasteiger partial charge in [-0.05, 0) is 57.4 Å². The number of benzene rings is 1. The second-order valence-corrected chi connectivity index (χ2v) is 5.51. The van der Waals surface area contributed by atoms with E-state index >= 15 is 0 Å². The van der Waals surface area contributed by atoms with E-state index in [1.54, 1.807) is 18.2 Å². The van der Waals surface area contributed by atoms with Crippen molar-refractivity contribution in [3.63, 3.8) is 0 Å². The molecule has 2 unspecified atom stereocenters. The quantitative estimate of drug-likeness (QED) is 0.781. The number of hydrogen-bond donors (Lipinski definition) is 3. The molecular formula is C15H22N2O2. The number of phenols is 1. The van der Waals surface area contributed by atoms with Gasteiger partial charge in [-0.25, -0.2) is 0 Å². The van der Waals surface area contributed by atoms with Crippen molar-refractivity contribution in [2.24, 2.45) is 0 Å². The van der Waals surface area contributed by atoms with E-state index in [0.717, 1.165) is 31.4 Å². The number of rotatable bonds is 3. The predicted molar refractivity (Wildman–Crippen MR) is 74.9 cm³/mol. The smallest absolute Gasteiger partial charge is 0.240 e. The molecule has 0 aliphatic carbocycles. The fourth-order valence-electron chi connectivity index (χ4n) is 2.48. The highest BCUT2D eigenvalue weighted by Crippen LogP contribution is 2.22. The summed E-state index contributed by atoms with van der Waals surface area (Å²) in [5, 5.41) is 15.8. The van der Waals surface area contributed by atoms with Crippen molar-refractivity contribution in [2.75, 3.05) is 6.54 Å². The van der Waals surface area contributed by atoms with Crippen LogP contribution in [-0.4, -0.2) is 23.1 Å². The number of carbonyl (C=O) groups excluding carboxylic acids is 1. The van der Waals surface area contributed by atoms with E-state index in [1.165, 1.54) is 0 Å². The van der Waals surface area contributed by atoms with Crippen LogP contribution in [0.2, 0.25) is 0 Å². The zero-order valence-electron chi connectivity index (χ0n) is 11.6. The summed E-state index contributed by atoms with van der Waals surface area (Å²) < 4.78 is 0. The van der Waals surface area contributed by atoms with Crippen LogP contribution in [0, 0.1) is 0 Å². The van der Waals surface area contributed by atoms with E-state index in [-0.39, 0.29) is 17.7 Å². The zero-order chi connectivity index (χ0) is 13.9. The number of piperidine rings is 1. The van der Waals surface area contributed by atoms with E-state index in [1.807, 2.05) is 19.9 Å². The van der Waals surface area contributed by atoms with Crippen molar-refractivity contribution >= 4 is 5.91 Å². The average Bonchev–Trinajstić information content (AvgIpc) is 2.39. The molecule has 1 aliphatic heterocycles. The minimum atomic E-state index is -0.469. The number of amides is 1. The Bertz CT molecular complexity index is 453. The summed E-state index contributed by atoms with van der Waals surface area (Å²) in [5.41, 5.74) is 0.441. The highest BCUT2D eigenvalue weighted by atomic mass is 16.3. The fraction of sp³-hybridized carbons (Fsp3) is 0.533. The SMILES string of the molecule is CC(NC(=O)C1(C)CCCCN1)c1cccc(O)c1. The maximum absolute atomic E-state index is 12.4. The molecule has 1 saturated heterocycles. The Kier molecular flexibility index (Phi) is 4.10. The van der Waals surface area contributed by atoms with E-state index < -0.39 is 5.54 Å². The molecule has 0 saturated carbocycles. The number of aromatic hydroxyl groups is 1. The lowest BCUT2D eigenvalue weighted by atomic mass is 9.89. The van der Waals surface area contributed by atoms with Crippen molar-refractivity contribution in [3.05, 3.63) is 29.8 Å². The minimum Gasteiger partial charge on any atom is -0.508 e. The molecular weight excluding hydrogens is 240 g/mol. The predicted octanol–water partition coefficient (Wildman–Crippen LogP) is 2.10. The normalized spacial score (nSPS) is 24.7. The van der Waals surface area contributed by atoms with Crippen molar-refractivity contribution in [1.29, 1.82) is 0 Å². The van der Waals surface area contributed by atoms with Gasteiger partial charge in [0.1, 0.15) is 5.75 Å². The van der Waals surface area contributed by atoms with Gasteiger partial charge in [0.2, 0.25) is 5.91 Å². The van der Waals surface area contributed by atoms with Crippen molar-refractivity contribution in [1.82, 2.24) is 10.6 Å². The Morgan fingerprint density at radius 2 is 2.26 bits per heavy atom. The van der Waals surface area contributed by atoms with Gasteiger partial charge in [-0.1, -0.05) is 12.1 Å². The van der Waals surface area contributed by atoms with Crippen molar-refractivity contribution < 1.29 is 9.90 Å². The Labute approximate surface area is 114 Å². The minimum absolute atomic E-state index is 0.0306. The molecule has 4 nitrogen and oxygen atoms in total. The summed E-state index contributed by atoms with van der Waals surface area (Å²) in [7, 11) is 0. The molecule has 2 atom stereocenters. The molecule has 1 fully saturated rings. The number of carbonyl (C=O) groups is 1. The summed E-state index contributed by atoms with van der Waals surface area (Å²) in [5.74, 6) is 0.253. The van der Waals surface area contributed by atoms with Crippen LogP contribution in [-0.2, 0) is 4.79 Å². The second-order valence-electron chi connectivity index (χ2n) is 5.51. The first-order chi connectivity index (χ1) is 9.01. The lowest BCUT2D eigenvalue weighted by Crippen LogP contribution is -2.57. The van der Waals surface area contributed by atoms with Gasteiger partial charge in [0.15, 0.2) is 0 Å². The van der Waals surface area contributed by atoms with Crippen LogP contribution in [0.1, 0.15) is 44.7 Å². The van der Waals surface area contributed by atoms with Crippen molar-refractivity contribution in [2.45, 2.75) is 44.7 Å². The van der Waals surface area contributed by atoms with E-state index in [9.17, 15) is 9.90 Å². The molecule has 104 valence electrons. The molecule has 0 bridgehead atoms. The first-order valence-corrected chi connectivity index (χ1v) is 6.86. The molecule has 1 aromatic carbocycles. The molecule has 4 heteroatoms. The van der Waals surface area contributed by atoms with E-state index in [2.05, 4.69) is 10.6 Å². The largest absolute Gasteiger partial charge is 0.508 e. The van der Waals surface area contributed by atoms with Crippen LogP contribution in [0.25, 0.3) is 0 Å². The summed E-state index contributed by atoms with van der Waals surface area (Å²) in [6, 6.07) is 6.89. The van der Waals surface area contributed by atoms with Gasteiger partial charge in [-0.3, -0.25) is 4.79 Å². The molecule has 0 spiro atoms. The van der Waals surface area contributed by atoms with Gasteiger partial charge in [0.05, 0.1) is 11.6 Å². The van der Waals surface area contributed by atoms with Gasteiger partial charge < -0.3 is 15.7 Å². The fourth-order valence-corrected chi connectivity index (χ4v) is 2.48. The zero-order valence-corrected chi connectivity index (χ0v) is 11.6. The Morgan fingerprint density at radius 3 is 2.89 bits per heavy atom. The maximum atomic E-state index is 12.4. The Morgan fingerprint density at radius 1 is 1.47 bits per heavy atom. The van der Waals surface area contributed by atoms with Gasteiger partial charge in [0, 0.05) is 0 Å². The molecule has 1 heterocycles. The van der Waals surface area contributed by atoms with Crippen molar-refractivity contribution in [3.8, 4) is 5.75 Å². The third kappa shape index (κ3) is 3.26. The number of phenolic OH excluding ortho intramolecular Hbond substituents is 1. The standard InChI is InChI=1S/C15H22N2O2/c1-11(12-6-5-7-13(18)10-12)17-14(19)15(2)8-3-4-9-16-15/h5-7,10-11,16,18H,3-4,8-9H2,1-2H3,(H,17,19). The highest BCUT2D eigenvalue weighted by Gasteiger charge is 2.34. The Balaban J connectivity index is 2.02. The average molecular weight is 262 g/mol. The van der Waals surface area contributed by atoms with Gasteiger partial charge in [-0.2, -0.15) is 0 Å². The first-order valence-electron chi connectivity index (χ1n) is 6.86. The summed E-state index contributed by atoms with van der Waals surface area (Å²) in [6.07, 6.45) is 3.08. The molecule has 0 aromatic heterocycles. The van der Waals surface area contributed by atoms with Crippen LogP contribution in [0.15, 0.2) is 24.3 Å². The Hall–Kier alpha value is -1.55. The topological polar surface area (TPSA) is 61.4 Å². The highest BCUT2D eigenvalue weighted by molar-refractivity contribution is 5.86. The summed E-state index contributed by atoms with van der Waals surface area (Å²) >= 11 is 0. The van der Waals surface area contributed by atoms with Crippen LogP contribution in [0.5, 0.6) is 5.75 Å². The number of hydrogen-bond acceptors (Lipinski definition) is 3. The summed E-state index contributed by atoms with van der Waals surface area (Å²) in [6.45, 7) is 4.78. The molecule has 3 N–H and O–H groups in total. The molecule has 1 aliphatic rings. The maximum Gasteiger partial charge on any atom is 0.240 e. The molecule has 19 heavy (non-hydrogen) atoms. The third-order valence-corrected chi connectivity index (χ3v) is 3.84. The van der Waals surface area contributed by atoms with E-state index in [0.29, 0.717) is 0 Å². The van der Waals surface area contributed by atoms with E-state index in [4.69, 9.17) is 0 Å². The first kappa shape index (κ1) is 13.9. The molecule has 2 rings (SSSR count). The monoisotopic (exact) mass is 262 g/mol. The second kappa shape index (κ2) is 5.61. The molecule has 1 aromatic rings. The van der Waals surface area contributed by atoms with Crippen LogP contribution < -0.4 is 10.6 Å². The van der Waals surface area contributed by atoms with Gasteiger partial charge >= 0.3 is 0 Å². The molecule has 0 radical (unpaired) electrons. The molecule has 1 amide bonds. The van der Waals surface area contributed by atoms with Crippen LogP contribution in [0.3, 0.4) is 0 Å². The third-order valence-electron chi connectivity index (χ3n) is 3.84. The van der Waals surface area contributed by atoms with Crippen LogP contribution >= 0.6 is 0 Å². The van der Waals surface area contributed by atoms with Gasteiger partial charge in [0.25, 0.3) is 0 Å².